The van der Waals surface area contributed by atoms with Gasteiger partial charge in [-0.25, -0.2) is 4.39 Å². The van der Waals surface area contributed by atoms with Crippen molar-refractivity contribution in [2.45, 2.75) is 13.0 Å². The van der Waals surface area contributed by atoms with E-state index in [1.165, 1.54) is 12.1 Å². The zero-order chi connectivity index (χ0) is 20.4. The molecule has 1 N–H and O–H groups in total. The van der Waals surface area contributed by atoms with E-state index >= 15 is 0 Å². The molecule has 29 heavy (non-hydrogen) atoms. The summed E-state index contributed by atoms with van der Waals surface area (Å²) < 4.78 is 19.4. The summed E-state index contributed by atoms with van der Waals surface area (Å²) >= 11 is 12.4. The lowest BCUT2D eigenvalue weighted by Gasteiger charge is -2.18. The van der Waals surface area contributed by atoms with Crippen molar-refractivity contribution < 1.29 is 8.81 Å². The van der Waals surface area contributed by atoms with Crippen LogP contribution in [-0.4, -0.2) is 10.2 Å². The summed E-state index contributed by atoms with van der Waals surface area (Å²) in [6.45, 7) is 1.97. The molecule has 1 heterocycles. The fourth-order valence-electron chi connectivity index (χ4n) is 2.92. The molecule has 0 bridgehead atoms. The highest BCUT2D eigenvalue weighted by molar-refractivity contribution is 6.33. The minimum absolute atomic E-state index is 0.232. The van der Waals surface area contributed by atoms with E-state index in [0.717, 1.165) is 16.8 Å². The first-order valence-electron chi connectivity index (χ1n) is 8.87. The zero-order valence-electron chi connectivity index (χ0n) is 15.4. The fourth-order valence-corrected chi connectivity index (χ4v) is 3.34. The average Bonchev–Trinajstić information content (AvgIpc) is 3.18. The molecular formula is C22H16Cl2FN3O. The summed E-state index contributed by atoms with van der Waals surface area (Å²) in [4.78, 5) is 0. The minimum atomic E-state index is -0.470. The molecule has 4 rings (SSSR count). The predicted octanol–water partition coefficient (Wildman–Crippen LogP) is 6.69. The number of rotatable bonds is 5. The molecule has 1 aromatic heterocycles. The molecule has 0 spiro atoms. The topological polar surface area (TPSA) is 51.0 Å². The Morgan fingerprint density at radius 1 is 0.966 bits per heavy atom. The summed E-state index contributed by atoms with van der Waals surface area (Å²) in [5, 5.41) is 12.8. The SMILES string of the molecule is Cc1ccc(N[C@@H](c2ccc(Cl)cc2)c2nnc(-c3cccc(F)c3)o2)c(Cl)c1. The molecule has 0 aliphatic rings. The maximum Gasteiger partial charge on any atom is 0.247 e. The number of halogens is 3. The molecule has 0 aliphatic heterocycles. The van der Waals surface area contributed by atoms with Crippen molar-refractivity contribution in [3.8, 4) is 11.5 Å². The van der Waals surface area contributed by atoms with Crippen LogP contribution >= 0.6 is 23.2 Å². The second-order valence-electron chi connectivity index (χ2n) is 6.57. The highest BCUT2D eigenvalue weighted by atomic mass is 35.5. The number of nitrogens with one attached hydrogen (secondary N) is 1. The molecule has 3 aromatic carbocycles. The number of nitrogens with zero attached hydrogens (tertiary/aromatic N) is 2. The van der Waals surface area contributed by atoms with Gasteiger partial charge in [0.1, 0.15) is 11.9 Å². The lowest BCUT2D eigenvalue weighted by Crippen LogP contribution is -2.13. The highest BCUT2D eigenvalue weighted by Gasteiger charge is 2.22. The molecule has 4 aromatic rings. The molecule has 4 nitrogen and oxygen atoms in total. The number of aryl methyl sites for hydroxylation is 1. The van der Waals surface area contributed by atoms with E-state index in [9.17, 15) is 4.39 Å². The molecule has 0 radical (unpaired) electrons. The van der Waals surface area contributed by atoms with Crippen molar-refractivity contribution in [2.75, 3.05) is 5.32 Å². The van der Waals surface area contributed by atoms with Gasteiger partial charge in [0.15, 0.2) is 0 Å². The molecule has 0 amide bonds. The second-order valence-corrected chi connectivity index (χ2v) is 7.41. The van der Waals surface area contributed by atoms with E-state index in [4.69, 9.17) is 27.6 Å². The van der Waals surface area contributed by atoms with Gasteiger partial charge < -0.3 is 9.73 Å². The van der Waals surface area contributed by atoms with Gasteiger partial charge in [-0.2, -0.15) is 0 Å². The van der Waals surface area contributed by atoms with Gasteiger partial charge in [0.2, 0.25) is 11.8 Å². The quantitative estimate of drug-likeness (QED) is 0.385. The number of aromatic nitrogens is 2. The number of hydrogen-bond acceptors (Lipinski definition) is 4. The Morgan fingerprint density at radius 2 is 1.76 bits per heavy atom. The van der Waals surface area contributed by atoms with E-state index in [2.05, 4.69) is 15.5 Å². The van der Waals surface area contributed by atoms with Crippen LogP contribution < -0.4 is 5.32 Å². The van der Waals surface area contributed by atoms with Crippen LogP contribution in [0.15, 0.2) is 71.1 Å². The number of hydrogen-bond donors (Lipinski definition) is 1. The molecular weight excluding hydrogens is 412 g/mol. The summed E-state index contributed by atoms with van der Waals surface area (Å²) in [5.74, 6) is 0.180. The van der Waals surface area contributed by atoms with E-state index in [-0.39, 0.29) is 11.7 Å². The summed E-state index contributed by atoms with van der Waals surface area (Å²) in [6.07, 6.45) is 0. The molecule has 0 unspecified atom stereocenters. The maximum atomic E-state index is 13.6. The third-order valence-electron chi connectivity index (χ3n) is 4.39. The second kappa shape index (κ2) is 8.23. The van der Waals surface area contributed by atoms with Crippen LogP contribution in [0, 0.1) is 12.7 Å². The third kappa shape index (κ3) is 4.42. The van der Waals surface area contributed by atoms with Gasteiger partial charge in [0.25, 0.3) is 0 Å². The van der Waals surface area contributed by atoms with Crippen LogP contribution in [-0.2, 0) is 0 Å². The number of benzene rings is 3. The Labute approximate surface area is 177 Å². The third-order valence-corrected chi connectivity index (χ3v) is 4.95. The lowest BCUT2D eigenvalue weighted by atomic mass is 10.1. The van der Waals surface area contributed by atoms with Gasteiger partial charge >= 0.3 is 0 Å². The number of anilines is 1. The van der Waals surface area contributed by atoms with Gasteiger partial charge in [-0.15, -0.1) is 10.2 Å². The van der Waals surface area contributed by atoms with E-state index in [1.807, 2.05) is 37.3 Å². The molecule has 0 saturated heterocycles. The predicted molar refractivity (Wildman–Crippen MR) is 113 cm³/mol. The van der Waals surface area contributed by atoms with E-state index in [0.29, 0.717) is 21.5 Å². The first kappa shape index (κ1) is 19.4. The first-order chi connectivity index (χ1) is 14.0. The van der Waals surface area contributed by atoms with Crippen LogP contribution in [0.2, 0.25) is 10.0 Å². The largest absolute Gasteiger partial charge is 0.418 e. The average molecular weight is 428 g/mol. The van der Waals surface area contributed by atoms with Crippen molar-refractivity contribution in [1.29, 1.82) is 0 Å². The Balaban J connectivity index is 1.73. The fraction of sp³-hybridized carbons (Fsp3) is 0.0909. The molecule has 7 heteroatoms. The van der Waals surface area contributed by atoms with Gasteiger partial charge in [-0.3, -0.25) is 0 Å². The van der Waals surface area contributed by atoms with Crippen LogP contribution in [0.5, 0.6) is 0 Å². The minimum Gasteiger partial charge on any atom is -0.418 e. The Morgan fingerprint density at radius 3 is 2.48 bits per heavy atom. The van der Waals surface area contributed by atoms with Crippen LogP contribution in [0.3, 0.4) is 0 Å². The van der Waals surface area contributed by atoms with E-state index < -0.39 is 6.04 Å². The molecule has 0 aliphatic carbocycles. The van der Waals surface area contributed by atoms with Gasteiger partial charge in [-0.1, -0.05) is 47.5 Å². The lowest BCUT2D eigenvalue weighted by molar-refractivity contribution is 0.493. The van der Waals surface area contributed by atoms with Crippen LogP contribution in [0.4, 0.5) is 10.1 Å². The maximum absolute atomic E-state index is 13.6. The van der Waals surface area contributed by atoms with Gasteiger partial charge in [0, 0.05) is 10.6 Å². The van der Waals surface area contributed by atoms with Crippen LogP contribution in [0.1, 0.15) is 23.1 Å². The summed E-state index contributed by atoms with van der Waals surface area (Å²) in [7, 11) is 0. The van der Waals surface area contributed by atoms with Crippen molar-refractivity contribution >= 4 is 28.9 Å². The van der Waals surface area contributed by atoms with Crippen LogP contribution in [0.25, 0.3) is 11.5 Å². The Hall–Kier alpha value is -2.89. The smallest absolute Gasteiger partial charge is 0.247 e. The summed E-state index contributed by atoms with van der Waals surface area (Å²) in [6, 6.07) is 18.6. The van der Waals surface area contributed by atoms with Gasteiger partial charge in [-0.05, 0) is 60.5 Å². The Kier molecular flexibility index (Phi) is 5.51. The van der Waals surface area contributed by atoms with Gasteiger partial charge in [0.05, 0.1) is 10.7 Å². The molecule has 1 atom stereocenters. The monoisotopic (exact) mass is 427 g/mol. The molecule has 0 fully saturated rings. The molecule has 0 saturated carbocycles. The zero-order valence-corrected chi connectivity index (χ0v) is 16.9. The van der Waals surface area contributed by atoms with Crippen molar-refractivity contribution in [2.24, 2.45) is 0 Å². The van der Waals surface area contributed by atoms with Crippen molar-refractivity contribution in [3.63, 3.8) is 0 Å². The van der Waals surface area contributed by atoms with E-state index in [1.54, 1.807) is 24.3 Å². The normalized spacial score (nSPS) is 12.0. The highest BCUT2D eigenvalue weighted by Crippen LogP contribution is 2.32. The molecule has 146 valence electrons. The summed E-state index contributed by atoms with van der Waals surface area (Å²) in [5.41, 5.74) is 3.14. The first-order valence-corrected chi connectivity index (χ1v) is 9.63. The van der Waals surface area contributed by atoms with Crippen molar-refractivity contribution in [3.05, 3.63) is 99.6 Å². The van der Waals surface area contributed by atoms with Crippen molar-refractivity contribution in [1.82, 2.24) is 10.2 Å². The standard InChI is InChI=1S/C22H16Cl2FN3O/c1-13-5-10-19(18(24)11-13)26-20(14-6-8-16(23)9-7-14)22-28-27-21(29-22)15-3-2-4-17(25)12-15/h2-12,20,26H,1H3/t20-/m0/s1. The Bertz CT molecular complexity index is 1150.